The molecular weight excluding hydrogens is 302 g/mol. The molecule has 0 saturated heterocycles. The monoisotopic (exact) mass is 315 g/mol. The fraction of sp³-hybridized carbons (Fsp3) is 0.462. The van der Waals surface area contributed by atoms with Crippen LogP contribution in [0.25, 0.3) is 0 Å². The number of amides is 1. The molecule has 1 aliphatic carbocycles. The molecule has 0 unspecified atom stereocenters. The molecule has 0 atom stereocenters. The highest BCUT2D eigenvalue weighted by Gasteiger charge is 2.35. The molecule has 1 aromatic carbocycles. The van der Waals surface area contributed by atoms with Crippen LogP contribution in [-0.4, -0.2) is 22.9 Å². The third-order valence-electron chi connectivity index (χ3n) is 2.89. The van der Waals surface area contributed by atoms with Crippen LogP contribution in [0.4, 0.5) is 0 Å². The Bertz CT molecular complexity index is 441. The van der Waals surface area contributed by atoms with Gasteiger partial charge in [0.1, 0.15) is 0 Å². The number of carbonyl (C=O) groups excluding carboxylic acids is 1. The summed E-state index contributed by atoms with van der Waals surface area (Å²) in [6, 6.07) is 6.01. The summed E-state index contributed by atoms with van der Waals surface area (Å²) in [5.41, 5.74) is 0.585. The highest BCUT2D eigenvalue weighted by Crippen LogP contribution is 2.32. The van der Waals surface area contributed by atoms with Crippen LogP contribution >= 0.6 is 27.5 Å². The molecule has 0 heterocycles. The van der Waals surface area contributed by atoms with Gasteiger partial charge in [-0.2, -0.15) is 0 Å². The highest BCUT2D eigenvalue weighted by atomic mass is 79.9. The largest absolute Gasteiger partial charge is 0.333 e. The van der Waals surface area contributed by atoms with Crippen LogP contribution < -0.4 is 0 Å². The van der Waals surface area contributed by atoms with E-state index in [1.807, 2.05) is 24.8 Å². The van der Waals surface area contributed by atoms with Crippen molar-refractivity contribution in [3.8, 4) is 0 Å². The maximum atomic E-state index is 12.5. The lowest BCUT2D eigenvalue weighted by atomic mass is 10.1. The smallest absolute Gasteiger partial charge is 0.255 e. The second kappa shape index (κ2) is 4.99. The minimum Gasteiger partial charge on any atom is -0.333 e. The predicted octanol–water partition coefficient (Wildman–Crippen LogP) is 4.12. The van der Waals surface area contributed by atoms with Gasteiger partial charge >= 0.3 is 0 Å². The lowest BCUT2D eigenvalue weighted by Crippen LogP contribution is -2.38. The Morgan fingerprint density at radius 1 is 1.47 bits per heavy atom. The Morgan fingerprint density at radius 2 is 2.12 bits per heavy atom. The van der Waals surface area contributed by atoms with Crippen molar-refractivity contribution in [2.45, 2.75) is 38.8 Å². The summed E-state index contributed by atoms with van der Waals surface area (Å²) in [4.78, 5) is 14.4. The second-order valence-electron chi connectivity index (χ2n) is 4.66. The number of rotatable bonds is 3. The summed E-state index contributed by atoms with van der Waals surface area (Å²) in [5.74, 6) is 0.0359. The lowest BCUT2D eigenvalue weighted by Gasteiger charge is -2.27. The van der Waals surface area contributed by atoms with Crippen molar-refractivity contribution in [2.24, 2.45) is 0 Å². The summed E-state index contributed by atoms with van der Waals surface area (Å²) >= 11 is 9.47. The van der Waals surface area contributed by atoms with E-state index >= 15 is 0 Å². The Balaban J connectivity index is 2.31. The summed E-state index contributed by atoms with van der Waals surface area (Å²) in [5, 5.41) is 0.518. The van der Waals surface area contributed by atoms with Gasteiger partial charge in [0.2, 0.25) is 0 Å². The van der Waals surface area contributed by atoms with Gasteiger partial charge in [-0.05, 0) is 44.9 Å². The minimum atomic E-state index is 0.0359. The van der Waals surface area contributed by atoms with E-state index in [9.17, 15) is 4.79 Å². The number of nitrogens with zero attached hydrogens (tertiary/aromatic N) is 1. The van der Waals surface area contributed by atoms with Crippen LogP contribution in [0.2, 0.25) is 5.02 Å². The van der Waals surface area contributed by atoms with Gasteiger partial charge in [-0.15, -0.1) is 0 Å². The van der Waals surface area contributed by atoms with E-state index in [-0.39, 0.29) is 11.9 Å². The molecule has 1 saturated carbocycles. The summed E-state index contributed by atoms with van der Waals surface area (Å²) in [7, 11) is 0. The fourth-order valence-electron chi connectivity index (χ4n) is 1.98. The predicted molar refractivity (Wildman–Crippen MR) is 73.5 cm³/mol. The first-order chi connectivity index (χ1) is 8.00. The second-order valence-corrected chi connectivity index (χ2v) is 5.98. The standard InChI is InChI=1S/C13H15BrClNO/c1-8(2)16(10-4-5-10)13(17)11-7-9(14)3-6-12(11)15/h3,6-8,10H,4-5H2,1-2H3. The van der Waals surface area contributed by atoms with Crippen LogP contribution in [0.15, 0.2) is 22.7 Å². The minimum absolute atomic E-state index is 0.0359. The number of hydrogen-bond acceptors (Lipinski definition) is 1. The molecular formula is C13H15BrClNO. The van der Waals surface area contributed by atoms with Crippen molar-refractivity contribution >= 4 is 33.4 Å². The van der Waals surface area contributed by atoms with Gasteiger partial charge < -0.3 is 4.90 Å². The van der Waals surface area contributed by atoms with E-state index in [4.69, 9.17) is 11.6 Å². The third kappa shape index (κ3) is 2.83. The normalized spacial score (nSPS) is 15.1. The van der Waals surface area contributed by atoms with Crippen molar-refractivity contribution in [1.29, 1.82) is 0 Å². The van der Waals surface area contributed by atoms with E-state index in [2.05, 4.69) is 15.9 Å². The molecule has 2 rings (SSSR count). The van der Waals surface area contributed by atoms with E-state index < -0.39 is 0 Å². The third-order valence-corrected chi connectivity index (χ3v) is 3.71. The van der Waals surface area contributed by atoms with E-state index in [1.165, 1.54) is 0 Å². The lowest BCUT2D eigenvalue weighted by molar-refractivity contribution is 0.0690. The summed E-state index contributed by atoms with van der Waals surface area (Å²) in [6.45, 7) is 4.09. The average Bonchev–Trinajstić information content (AvgIpc) is 3.05. The van der Waals surface area contributed by atoms with Crippen LogP contribution in [0.3, 0.4) is 0 Å². The molecule has 0 spiro atoms. The zero-order valence-electron chi connectivity index (χ0n) is 9.91. The van der Waals surface area contributed by atoms with Crippen LogP contribution in [0.5, 0.6) is 0 Å². The molecule has 1 aliphatic rings. The number of benzene rings is 1. The van der Waals surface area contributed by atoms with Crippen molar-refractivity contribution in [1.82, 2.24) is 4.90 Å². The molecule has 4 heteroatoms. The first-order valence-corrected chi connectivity index (χ1v) is 6.95. The van der Waals surface area contributed by atoms with Gasteiger partial charge in [0, 0.05) is 16.6 Å². The van der Waals surface area contributed by atoms with Crippen LogP contribution in [-0.2, 0) is 0 Å². The average molecular weight is 317 g/mol. The molecule has 0 bridgehead atoms. The molecule has 0 radical (unpaired) electrons. The molecule has 2 nitrogen and oxygen atoms in total. The molecule has 17 heavy (non-hydrogen) atoms. The van der Waals surface area contributed by atoms with E-state index in [0.29, 0.717) is 16.6 Å². The Morgan fingerprint density at radius 3 is 2.65 bits per heavy atom. The van der Waals surface area contributed by atoms with Gasteiger partial charge in [-0.25, -0.2) is 0 Å². The maximum Gasteiger partial charge on any atom is 0.255 e. The number of carbonyl (C=O) groups is 1. The fourth-order valence-corrected chi connectivity index (χ4v) is 2.53. The first kappa shape index (κ1) is 12.9. The molecule has 92 valence electrons. The molecule has 0 aliphatic heterocycles. The Kier molecular flexibility index (Phi) is 3.79. The molecule has 0 N–H and O–H groups in total. The van der Waals surface area contributed by atoms with Crippen LogP contribution in [0.1, 0.15) is 37.0 Å². The summed E-state index contributed by atoms with van der Waals surface area (Å²) < 4.78 is 0.879. The SMILES string of the molecule is CC(C)N(C(=O)c1cc(Br)ccc1Cl)C1CC1. The zero-order chi connectivity index (χ0) is 12.6. The molecule has 1 fully saturated rings. The van der Waals surface area contributed by atoms with E-state index in [1.54, 1.807) is 12.1 Å². The Labute approximate surface area is 115 Å². The zero-order valence-corrected chi connectivity index (χ0v) is 12.3. The number of halogens is 2. The van der Waals surface area contributed by atoms with Crippen LogP contribution in [0, 0.1) is 0 Å². The van der Waals surface area contributed by atoms with Gasteiger partial charge in [0.25, 0.3) is 5.91 Å². The van der Waals surface area contributed by atoms with Crippen molar-refractivity contribution in [3.63, 3.8) is 0 Å². The maximum absolute atomic E-state index is 12.5. The van der Waals surface area contributed by atoms with Crippen molar-refractivity contribution < 1.29 is 4.79 Å². The van der Waals surface area contributed by atoms with Gasteiger partial charge in [0.05, 0.1) is 10.6 Å². The Hall–Kier alpha value is -0.540. The number of hydrogen-bond donors (Lipinski definition) is 0. The highest BCUT2D eigenvalue weighted by molar-refractivity contribution is 9.10. The molecule has 1 aromatic rings. The van der Waals surface area contributed by atoms with Gasteiger partial charge in [-0.3, -0.25) is 4.79 Å². The quantitative estimate of drug-likeness (QED) is 0.821. The molecule has 0 aromatic heterocycles. The summed E-state index contributed by atoms with van der Waals surface area (Å²) in [6.07, 6.45) is 2.21. The topological polar surface area (TPSA) is 20.3 Å². The molecule has 1 amide bonds. The van der Waals surface area contributed by atoms with Crippen molar-refractivity contribution in [2.75, 3.05) is 0 Å². The first-order valence-electron chi connectivity index (χ1n) is 5.78. The van der Waals surface area contributed by atoms with Crippen molar-refractivity contribution in [3.05, 3.63) is 33.3 Å². The van der Waals surface area contributed by atoms with Gasteiger partial charge in [0.15, 0.2) is 0 Å². The van der Waals surface area contributed by atoms with E-state index in [0.717, 1.165) is 17.3 Å². The van der Waals surface area contributed by atoms with Gasteiger partial charge in [-0.1, -0.05) is 27.5 Å².